The van der Waals surface area contributed by atoms with E-state index in [2.05, 4.69) is 20.6 Å². The van der Waals surface area contributed by atoms with Crippen LogP contribution < -0.4 is 10.6 Å². The monoisotopic (exact) mass is 266 g/mol. The van der Waals surface area contributed by atoms with E-state index in [1.54, 1.807) is 18.4 Å². The number of fused-ring (bicyclic) bond motifs is 1. The number of aliphatic hydroxyl groups excluding tert-OH is 1. The lowest BCUT2D eigenvalue weighted by molar-refractivity contribution is 0.260. The highest BCUT2D eigenvalue weighted by Gasteiger charge is 2.19. The third-order valence-corrected chi connectivity index (χ3v) is 3.55. The highest BCUT2D eigenvalue weighted by Crippen LogP contribution is 2.28. The summed E-state index contributed by atoms with van der Waals surface area (Å²) >= 11 is 1.59. The van der Waals surface area contributed by atoms with Crippen molar-refractivity contribution in [2.24, 2.45) is 0 Å². The van der Waals surface area contributed by atoms with Gasteiger partial charge in [-0.15, -0.1) is 11.3 Å². The largest absolute Gasteiger partial charge is 0.396 e. The van der Waals surface area contributed by atoms with Crippen LogP contribution in [0.5, 0.6) is 0 Å². The van der Waals surface area contributed by atoms with Crippen LogP contribution in [0.3, 0.4) is 0 Å². The third-order valence-electron chi connectivity index (χ3n) is 2.74. The fourth-order valence-corrected chi connectivity index (χ4v) is 2.49. The van der Waals surface area contributed by atoms with Gasteiger partial charge in [0.2, 0.25) is 5.95 Å². The summed E-state index contributed by atoms with van der Waals surface area (Å²) in [5.41, 5.74) is -0.205. The number of hydrogen-bond acceptors (Lipinski definition) is 6. The Morgan fingerprint density at radius 1 is 1.39 bits per heavy atom. The molecule has 5 nitrogen and oxygen atoms in total. The fourth-order valence-electron chi connectivity index (χ4n) is 1.73. The van der Waals surface area contributed by atoms with E-state index in [-0.39, 0.29) is 12.1 Å². The Morgan fingerprint density at radius 3 is 2.83 bits per heavy atom. The van der Waals surface area contributed by atoms with Crippen LogP contribution in [0.4, 0.5) is 11.8 Å². The van der Waals surface area contributed by atoms with E-state index in [9.17, 15) is 0 Å². The average molecular weight is 266 g/mol. The predicted octanol–water partition coefficient (Wildman–Crippen LogP) is 2.31. The number of thiophene rings is 1. The van der Waals surface area contributed by atoms with Gasteiger partial charge in [0, 0.05) is 19.2 Å². The summed E-state index contributed by atoms with van der Waals surface area (Å²) in [4.78, 5) is 9.80. The van der Waals surface area contributed by atoms with Gasteiger partial charge < -0.3 is 15.7 Å². The van der Waals surface area contributed by atoms with Crippen molar-refractivity contribution in [2.75, 3.05) is 24.3 Å². The van der Waals surface area contributed by atoms with Crippen molar-refractivity contribution in [3.8, 4) is 0 Å². The zero-order chi connectivity index (χ0) is 13.2. The second kappa shape index (κ2) is 5.07. The van der Waals surface area contributed by atoms with E-state index in [4.69, 9.17) is 5.11 Å². The lowest BCUT2D eigenvalue weighted by Crippen LogP contribution is -2.32. The lowest BCUT2D eigenvalue weighted by Gasteiger charge is -2.26. The number of hydrogen-bond donors (Lipinski definition) is 3. The van der Waals surface area contributed by atoms with Crippen LogP contribution in [0, 0.1) is 0 Å². The molecule has 3 N–H and O–H groups in total. The molecule has 0 aliphatic heterocycles. The van der Waals surface area contributed by atoms with Crippen molar-refractivity contribution >= 4 is 33.3 Å². The zero-order valence-electron chi connectivity index (χ0n) is 10.8. The smallest absolute Gasteiger partial charge is 0.225 e. The quantitative estimate of drug-likeness (QED) is 0.774. The maximum absolute atomic E-state index is 9.07. The molecule has 2 aromatic heterocycles. The van der Waals surface area contributed by atoms with Gasteiger partial charge in [-0.1, -0.05) is 0 Å². The summed E-state index contributed by atoms with van der Waals surface area (Å²) < 4.78 is 0. The maximum Gasteiger partial charge on any atom is 0.225 e. The second-order valence-corrected chi connectivity index (χ2v) is 5.66. The maximum atomic E-state index is 9.07. The van der Waals surface area contributed by atoms with Gasteiger partial charge in [0.05, 0.1) is 5.39 Å². The van der Waals surface area contributed by atoms with Crippen LogP contribution in [-0.4, -0.2) is 34.3 Å². The van der Waals surface area contributed by atoms with Crippen LogP contribution in [-0.2, 0) is 0 Å². The fraction of sp³-hybridized carbons (Fsp3) is 0.500. The summed E-state index contributed by atoms with van der Waals surface area (Å²) in [6.45, 7) is 4.24. The summed E-state index contributed by atoms with van der Waals surface area (Å²) in [5, 5.41) is 18.4. The molecule has 0 saturated heterocycles. The van der Waals surface area contributed by atoms with Crippen molar-refractivity contribution in [1.29, 1.82) is 0 Å². The van der Waals surface area contributed by atoms with Gasteiger partial charge >= 0.3 is 0 Å². The van der Waals surface area contributed by atoms with Gasteiger partial charge in [0.1, 0.15) is 10.6 Å². The molecule has 18 heavy (non-hydrogen) atoms. The van der Waals surface area contributed by atoms with E-state index in [1.165, 1.54) is 0 Å². The van der Waals surface area contributed by atoms with Crippen molar-refractivity contribution < 1.29 is 5.11 Å². The third kappa shape index (κ3) is 2.70. The van der Waals surface area contributed by atoms with Gasteiger partial charge in [-0.05, 0) is 31.7 Å². The molecule has 2 heterocycles. The molecule has 0 unspecified atom stereocenters. The molecular weight excluding hydrogens is 248 g/mol. The lowest BCUT2D eigenvalue weighted by atomic mass is 10.0. The minimum absolute atomic E-state index is 0.150. The summed E-state index contributed by atoms with van der Waals surface area (Å²) in [5.74, 6) is 1.41. The Balaban J connectivity index is 2.39. The van der Waals surface area contributed by atoms with E-state index >= 15 is 0 Å². The highest BCUT2D eigenvalue weighted by atomic mass is 32.1. The first-order chi connectivity index (χ1) is 8.55. The Kier molecular flexibility index (Phi) is 3.68. The topological polar surface area (TPSA) is 70.1 Å². The molecule has 0 spiro atoms. The first kappa shape index (κ1) is 13.0. The predicted molar refractivity (Wildman–Crippen MR) is 76.4 cm³/mol. The first-order valence-corrected chi connectivity index (χ1v) is 6.76. The van der Waals surface area contributed by atoms with Crippen LogP contribution in [0.25, 0.3) is 10.2 Å². The Morgan fingerprint density at radius 2 is 2.17 bits per heavy atom. The Bertz CT molecular complexity index is 538. The second-order valence-electron chi connectivity index (χ2n) is 4.77. The van der Waals surface area contributed by atoms with Crippen molar-refractivity contribution in [2.45, 2.75) is 25.8 Å². The van der Waals surface area contributed by atoms with Gasteiger partial charge in [-0.3, -0.25) is 0 Å². The highest BCUT2D eigenvalue weighted by molar-refractivity contribution is 7.16. The van der Waals surface area contributed by atoms with Gasteiger partial charge in [-0.25, -0.2) is 4.98 Å². The average Bonchev–Trinajstić information content (AvgIpc) is 2.76. The molecule has 0 aliphatic rings. The molecule has 2 rings (SSSR count). The summed E-state index contributed by atoms with van der Waals surface area (Å²) in [6.07, 6.45) is 0.664. The molecule has 0 atom stereocenters. The molecule has 0 saturated carbocycles. The Hall–Kier alpha value is -1.40. The van der Waals surface area contributed by atoms with Crippen molar-refractivity contribution in [3.05, 3.63) is 11.4 Å². The summed E-state index contributed by atoms with van der Waals surface area (Å²) in [7, 11) is 1.80. The van der Waals surface area contributed by atoms with Crippen LogP contribution >= 0.6 is 11.3 Å². The molecule has 0 bridgehead atoms. The molecule has 0 amide bonds. The Labute approximate surface area is 110 Å². The first-order valence-electron chi connectivity index (χ1n) is 5.88. The summed E-state index contributed by atoms with van der Waals surface area (Å²) in [6, 6.07) is 2.01. The molecule has 0 aromatic carbocycles. The standard InChI is InChI=1S/C12H18N4OS/c1-12(2,5-6-17)16-9-8-4-7-18-10(8)15-11(13-3)14-9/h4,7,17H,5-6H2,1-3H3,(H2,13,14,15,16). The zero-order valence-corrected chi connectivity index (χ0v) is 11.6. The normalized spacial score (nSPS) is 11.8. The minimum Gasteiger partial charge on any atom is -0.396 e. The number of nitrogens with one attached hydrogen (secondary N) is 2. The van der Waals surface area contributed by atoms with Gasteiger partial charge in [0.25, 0.3) is 0 Å². The van der Waals surface area contributed by atoms with E-state index in [0.29, 0.717) is 12.4 Å². The van der Waals surface area contributed by atoms with E-state index in [0.717, 1.165) is 16.0 Å². The van der Waals surface area contributed by atoms with Gasteiger partial charge in [0.15, 0.2) is 0 Å². The number of aromatic nitrogens is 2. The van der Waals surface area contributed by atoms with E-state index < -0.39 is 0 Å². The van der Waals surface area contributed by atoms with Crippen molar-refractivity contribution in [3.63, 3.8) is 0 Å². The molecule has 98 valence electrons. The molecule has 0 aliphatic carbocycles. The molecule has 0 fully saturated rings. The SMILES string of the molecule is CNc1nc(NC(C)(C)CCO)c2ccsc2n1. The van der Waals surface area contributed by atoms with Crippen LogP contribution in [0.15, 0.2) is 11.4 Å². The molecule has 6 heteroatoms. The minimum atomic E-state index is -0.205. The van der Waals surface area contributed by atoms with Crippen LogP contribution in [0.2, 0.25) is 0 Å². The number of rotatable bonds is 5. The molecule has 2 aromatic rings. The van der Waals surface area contributed by atoms with Crippen molar-refractivity contribution in [1.82, 2.24) is 9.97 Å². The molecular formula is C12H18N4OS. The molecule has 0 radical (unpaired) electrons. The van der Waals surface area contributed by atoms with Gasteiger partial charge in [-0.2, -0.15) is 4.98 Å². The number of anilines is 2. The van der Waals surface area contributed by atoms with Crippen LogP contribution in [0.1, 0.15) is 20.3 Å². The number of nitrogens with zero attached hydrogens (tertiary/aromatic N) is 2. The van der Waals surface area contributed by atoms with E-state index in [1.807, 2.05) is 25.3 Å². The number of aliphatic hydroxyl groups is 1.